The smallest absolute Gasteiger partial charge is 0.222 e. The number of aryl methyl sites for hydroxylation is 1. The minimum absolute atomic E-state index is 0.308. The summed E-state index contributed by atoms with van der Waals surface area (Å²) < 4.78 is 0. The van der Waals surface area contributed by atoms with Gasteiger partial charge in [-0.1, -0.05) is 18.2 Å². The van der Waals surface area contributed by atoms with E-state index < -0.39 is 0 Å². The van der Waals surface area contributed by atoms with Gasteiger partial charge in [0.05, 0.1) is 0 Å². The van der Waals surface area contributed by atoms with E-state index in [2.05, 4.69) is 35.5 Å². The summed E-state index contributed by atoms with van der Waals surface area (Å²) in [5.74, 6) is 0.308. The summed E-state index contributed by atoms with van der Waals surface area (Å²) in [4.78, 5) is 16.6. The molecule has 2 heterocycles. The van der Waals surface area contributed by atoms with Crippen molar-refractivity contribution in [2.24, 2.45) is 0 Å². The van der Waals surface area contributed by atoms with Gasteiger partial charge in [0.1, 0.15) is 0 Å². The van der Waals surface area contributed by atoms with Crippen LogP contribution in [0.15, 0.2) is 18.2 Å². The van der Waals surface area contributed by atoms with Gasteiger partial charge in [-0.2, -0.15) is 0 Å². The van der Waals surface area contributed by atoms with Crippen LogP contribution in [-0.2, 0) is 24.2 Å². The maximum absolute atomic E-state index is 12.3. The van der Waals surface area contributed by atoms with Crippen LogP contribution in [0.2, 0.25) is 0 Å². The summed E-state index contributed by atoms with van der Waals surface area (Å²) in [6, 6.07) is 6.70. The van der Waals surface area contributed by atoms with Gasteiger partial charge in [-0.3, -0.25) is 4.79 Å². The molecule has 2 aliphatic heterocycles. The topological polar surface area (TPSA) is 35.6 Å². The first-order valence-electron chi connectivity index (χ1n) is 8.00. The number of nitrogens with zero attached hydrogens (tertiary/aromatic N) is 2. The molecule has 4 heteroatoms. The molecule has 4 nitrogen and oxygen atoms in total. The minimum Gasteiger partial charge on any atom is -0.340 e. The van der Waals surface area contributed by atoms with E-state index in [0.717, 1.165) is 52.1 Å². The first kappa shape index (κ1) is 14.5. The SMILES string of the molecule is CN1CCN(C(=O)CCc2ccc3c(c2)CCNC3)CC1. The predicted molar refractivity (Wildman–Crippen MR) is 84.3 cm³/mol. The molecule has 0 saturated carbocycles. The van der Waals surface area contributed by atoms with E-state index in [0.29, 0.717) is 12.3 Å². The van der Waals surface area contributed by atoms with E-state index in [9.17, 15) is 4.79 Å². The van der Waals surface area contributed by atoms with Crippen molar-refractivity contribution >= 4 is 5.91 Å². The molecule has 1 aromatic rings. The normalized spacial score (nSPS) is 19.4. The van der Waals surface area contributed by atoms with Gasteiger partial charge in [-0.05, 0) is 43.1 Å². The second-order valence-corrected chi connectivity index (χ2v) is 6.21. The third-order valence-electron chi connectivity index (χ3n) is 4.64. The van der Waals surface area contributed by atoms with E-state index in [1.54, 1.807) is 0 Å². The number of rotatable bonds is 3. The van der Waals surface area contributed by atoms with Crippen LogP contribution in [0.1, 0.15) is 23.1 Å². The summed E-state index contributed by atoms with van der Waals surface area (Å²) in [7, 11) is 2.11. The van der Waals surface area contributed by atoms with Crippen molar-refractivity contribution in [1.82, 2.24) is 15.1 Å². The molecule has 3 rings (SSSR count). The van der Waals surface area contributed by atoms with Crippen LogP contribution in [0.3, 0.4) is 0 Å². The molecule has 0 aliphatic carbocycles. The maximum atomic E-state index is 12.3. The number of hydrogen-bond donors (Lipinski definition) is 1. The van der Waals surface area contributed by atoms with Crippen molar-refractivity contribution in [1.29, 1.82) is 0 Å². The van der Waals surface area contributed by atoms with Crippen LogP contribution >= 0.6 is 0 Å². The quantitative estimate of drug-likeness (QED) is 0.902. The van der Waals surface area contributed by atoms with E-state index >= 15 is 0 Å². The van der Waals surface area contributed by atoms with E-state index in [-0.39, 0.29) is 0 Å². The highest BCUT2D eigenvalue weighted by molar-refractivity contribution is 5.76. The Balaban J connectivity index is 1.54. The van der Waals surface area contributed by atoms with Crippen LogP contribution in [0.4, 0.5) is 0 Å². The summed E-state index contributed by atoms with van der Waals surface area (Å²) >= 11 is 0. The lowest BCUT2D eigenvalue weighted by Gasteiger charge is -2.32. The molecule has 1 aromatic carbocycles. The van der Waals surface area contributed by atoms with Gasteiger partial charge in [-0.15, -0.1) is 0 Å². The molecule has 114 valence electrons. The van der Waals surface area contributed by atoms with Crippen LogP contribution < -0.4 is 5.32 Å². The van der Waals surface area contributed by atoms with Gasteiger partial charge < -0.3 is 15.1 Å². The largest absolute Gasteiger partial charge is 0.340 e. The molecule has 1 amide bonds. The van der Waals surface area contributed by atoms with Crippen LogP contribution in [-0.4, -0.2) is 55.5 Å². The zero-order valence-electron chi connectivity index (χ0n) is 12.9. The Morgan fingerprint density at radius 3 is 2.81 bits per heavy atom. The number of fused-ring (bicyclic) bond motifs is 1. The van der Waals surface area contributed by atoms with Gasteiger partial charge in [0, 0.05) is 39.1 Å². The fourth-order valence-electron chi connectivity index (χ4n) is 3.15. The average Bonchev–Trinajstić information content (AvgIpc) is 2.53. The van der Waals surface area contributed by atoms with Crippen molar-refractivity contribution in [3.63, 3.8) is 0 Å². The van der Waals surface area contributed by atoms with E-state index in [1.165, 1.54) is 16.7 Å². The molecule has 0 atom stereocenters. The van der Waals surface area contributed by atoms with Crippen LogP contribution in [0, 0.1) is 0 Å². The van der Waals surface area contributed by atoms with Crippen LogP contribution in [0.25, 0.3) is 0 Å². The molecule has 0 aromatic heterocycles. The average molecular weight is 287 g/mol. The number of hydrogen-bond acceptors (Lipinski definition) is 3. The molecule has 0 bridgehead atoms. The first-order chi connectivity index (χ1) is 10.2. The van der Waals surface area contributed by atoms with Crippen molar-refractivity contribution in [3.8, 4) is 0 Å². The molecule has 0 spiro atoms. The molecular weight excluding hydrogens is 262 g/mol. The zero-order valence-corrected chi connectivity index (χ0v) is 12.9. The van der Waals surface area contributed by atoms with E-state index in [4.69, 9.17) is 0 Å². The Morgan fingerprint density at radius 2 is 2.00 bits per heavy atom. The second kappa shape index (κ2) is 6.58. The molecular formula is C17H25N3O. The zero-order chi connectivity index (χ0) is 14.7. The molecule has 0 unspecified atom stereocenters. The standard InChI is InChI=1S/C17H25N3O/c1-19-8-10-20(11-9-19)17(21)5-3-14-2-4-16-13-18-7-6-15(16)12-14/h2,4,12,18H,3,5-11,13H2,1H3. The fourth-order valence-corrected chi connectivity index (χ4v) is 3.15. The summed E-state index contributed by atoms with van der Waals surface area (Å²) in [5, 5.41) is 3.39. The van der Waals surface area contributed by atoms with Gasteiger partial charge in [-0.25, -0.2) is 0 Å². The van der Waals surface area contributed by atoms with Crippen molar-refractivity contribution in [2.45, 2.75) is 25.8 Å². The highest BCUT2D eigenvalue weighted by Gasteiger charge is 2.18. The third kappa shape index (κ3) is 3.63. The fraction of sp³-hybridized carbons (Fsp3) is 0.588. The highest BCUT2D eigenvalue weighted by Crippen LogP contribution is 2.17. The monoisotopic (exact) mass is 287 g/mol. The molecule has 1 saturated heterocycles. The molecule has 1 fully saturated rings. The Kier molecular flexibility index (Phi) is 4.56. The summed E-state index contributed by atoms with van der Waals surface area (Å²) in [6.07, 6.45) is 2.61. The predicted octanol–water partition coefficient (Wildman–Crippen LogP) is 1.04. The van der Waals surface area contributed by atoms with Gasteiger partial charge in [0.15, 0.2) is 0 Å². The number of carbonyl (C=O) groups is 1. The number of likely N-dealkylation sites (N-methyl/N-ethyl adjacent to an activating group) is 1. The van der Waals surface area contributed by atoms with Crippen LogP contribution in [0.5, 0.6) is 0 Å². The van der Waals surface area contributed by atoms with Gasteiger partial charge in [0.25, 0.3) is 0 Å². The molecule has 21 heavy (non-hydrogen) atoms. The Hall–Kier alpha value is -1.39. The van der Waals surface area contributed by atoms with Crippen molar-refractivity contribution in [2.75, 3.05) is 39.8 Å². The Morgan fingerprint density at radius 1 is 1.19 bits per heavy atom. The van der Waals surface area contributed by atoms with Gasteiger partial charge in [0.2, 0.25) is 5.91 Å². The summed E-state index contributed by atoms with van der Waals surface area (Å²) in [5.41, 5.74) is 4.17. The number of nitrogens with one attached hydrogen (secondary N) is 1. The lowest BCUT2D eigenvalue weighted by Crippen LogP contribution is -2.47. The lowest BCUT2D eigenvalue weighted by molar-refractivity contribution is -0.132. The number of piperazine rings is 1. The Bertz CT molecular complexity index is 507. The van der Waals surface area contributed by atoms with E-state index in [1.807, 2.05) is 4.90 Å². The highest BCUT2D eigenvalue weighted by atomic mass is 16.2. The maximum Gasteiger partial charge on any atom is 0.222 e. The number of carbonyl (C=O) groups excluding carboxylic acids is 1. The lowest BCUT2D eigenvalue weighted by atomic mass is 9.96. The van der Waals surface area contributed by atoms with Crippen molar-refractivity contribution in [3.05, 3.63) is 34.9 Å². The summed E-state index contributed by atoms with van der Waals surface area (Å²) in [6.45, 7) is 5.80. The third-order valence-corrected chi connectivity index (χ3v) is 4.64. The molecule has 1 N–H and O–H groups in total. The molecule has 2 aliphatic rings. The number of amides is 1. The second-order valence-electron chi connectivity index (χ2n) is 6.21. The molecule has 0 radical (unpaired) electrons. The first-order valence-corrected chi connectivity index (χ1v) is 8.00. The Labute approximate surface area is 127 Å². The van der Waals surface area contributed by atoms with Crippen molar-refractivity contribution < 1.29 is 4.79 Å². The number of benzene rings is 1. The minimum atomic E-state index is 0.308. The van der Waals surface area contributed by atoms with Gasteiger partial charge >= 0.3 is 0 Å².